The lowest BCUT2D eigenvalue weighted by Crippen LogP contribution is -2.43. The molecular formula is C17H17F3N2O. The van der Waals surface area contributed by atoms with Crippen molar-refractivity contribution in [3.05, 3.63) is 71.3 Å². The van der Waals surface area contributed by atoms with Gasteiger partial charge in [-0.05, 0) is 18.1 Å². The third-order valence-electron chi connectivity index (χ3n) is 3.31. The topological polar surface area (TPSA) is 41.1 Å². The first-order valence-corrected chi connectivity index (χ1v) is 7.08. The molecule has 0 fully saturated rings. The fourth-order valence-corrected chi connectivity index (χ4v) is 2.07. The Morgan fingerprint density at radius 3 is 2.22 bits per heavy atom. The van der Waals surface area contributed by atoms with Crippen LogP contribution < -0.4 is 10.6 Å². The molecule has 0 heterocycles. The van der Waals surface area contributed by atoms with Crippen molar-refractivity contribution in [2.75, 3.05) is 0 Å². The summed E-state index contributed by atoms with van der Waals surface area (Å²) in [5.41, 5.74) is 1.66. The van der Waals surface area contributed by atoms with Crippen molar-refractivity contribution in [1.82, 2.24) is 10.6 Å². The van der Waals surface area contributed by atoms with E-state index in [-0.39, 0.29) is 12.1 Å². The van der Waals surface area contributed by atoms with Gasteiger partial charge in [-0.2, -0.15) is 13.2 Å². The molecule has 23 heavy (non-hydrogen) atoms. The van der Waals surface area contributed by atoms with E-state index in [1.165, 1.54) is 12.1 Å². The summed E-state index contributed by atoms with van der Waals surface area (Å²) in [6.07, 6.45) is -4.57. The highest BCUT2D eigenvalue weighted by atomic mass is 19.4. The van der Waals surface area contributed by atoms with Gasteiger partial charge in [-0.1, -0.05) is 60.2 Å². The van der Waals surface area contributed by atoms with Crippen molar-refractivity contribution in [3.8, 4) is 0 Å². The van der Waals surface area contributed by atoms with Crippen LogP contribution in [0.2, 0.25) is 0 Å². The maximum atomic E-state index is 13.2. The molecule has 2 rings (SSSR count). The monoisotopic (exact) mass is 322 g/mol. The summed E-state index contributed by atoms with van der Waals surface area (Å²) in [6.45, 7) is 1.94. The second-order valence-electron chi connectivity index (χ2n) is 5.20. The fraction of sp³-hybridized carbons (Fsp3) is 0.235. The molecule has 1 unspecified atom stereocenters. The maximum absolute atomic E-state index is 13.2. The van der Waals surface area contributed by atoms with Crippen molar-refractivity contribution in [1.29, 1.82) is 0 Å². The minimum Gasteiger partial charge on any atom is -0.334 e. The van der Waals surface area contributed by atoms with E-state index in [1.54, 1.807) is 43.3 Å². The van der Waals surface area contributed by atoms with E-state index in [0.717, 1.165) is 11.1 Å². The van der Waals surface area contributed by atoms with Crippen LogP contribution >= 0.6 is 0 Å². The number of alkyl halides is 3. The molecule has 2 N–H and O–H groups in total. The van der Waals surface area contributed by atoms with Gasteiger partial charge in [-0.15, -0.1) is 0 Å². The van der Waals surface area contributed by atoms with Gasteiger partial charge >= 0.3 is 12.2 Å². The third-order valence-corrected chi connectivity index (χ3v) is 3.31. The number of amides is 2. The van der Waals surface area contributed by atoms with Crippen LogP contribution in [0.25, 0.3) is 0 Å². The Balaban J connectivity index is 2.03. The summed E-state index contributed by atoms with van der Waals surface area (Å²) in [5.74, 6) is 0. The molecule has 0 aromatic heterocycles. The number of hydrogen-bond donors (Lipinski definition) is 2. The molecule has 2 amide bonds. The molecule has 0 bridgehead atoms. The van der Waals surface area contributed by atoms with Crippen LogP contribution in [0.3, 0.4) is 0 Å². The van der Waals surface area contributed by atoms with Crippen molar-refractivity contribution >= 4 is 6.03 Å². The SMILES string of the molecule is Cc1ccc(C(NC(=O)NCc2ccccc2)C(F)(F)F)cc1. The summed E-state index contributed by atoms with van der Waals surface area (Å²) in [4.78, 5) is 11.8. The van der Waals surface area contributed by atoms with E-state index in [0.29, 0.717) is 0 Å². The minimum absolute atomic E-state index is 0.00189. The van der Waals surface area contributed by atoms with E-state index < -0.39 is 18.2 Å². The lowest BCUT2D eigenvalue weighted by atomic mass is 10.0. The minimum atomic E-state index is -4.57. The molecule has 2 aromatic rings. The van der Waals surface area contributed by atoms with E-state index in [2.05, 4.69) is 5.32 Å². The van der Waals surface area contributed by atoms with Gasteiger partial charge in [-0.3, -0.25) is 0 Å². The zero-order valence-corrected chi connectivity index (χ0v) is 12.5. The third kappa shape index (κ3) is 5.02. The molecular weight excluding hydrogens is 305 g/mol. The number of rotatable bonds is 4. The lowest BCUT2D eigenvalue weighted by molar-refractivity contribution is -0.154. The van der Waals surface area contributed by atoms with Crippen LogP contribution in [-0.2, 0) is 6.54 Å². The highest BCUT2D eigenvalue weighted by Gasteiger charge is 2.41. The number of urea groups is 1. The van der Waals surface area contributed by atoms with E-state index in [9.17, 15) is 18.0 Å². The van der Waals surface area contributed by atoms with Crippen molar-refractivity contribution < 1.29 is 18.0 Å². The number of nitrogens with one attached hydrogen (secondary N) is 2. The molecule has 0 aliphatic carbocycles. The van der Waals surface area contributed by atoms with Gasteiger partial charge in [0, 0.05) is 6.54 Å². The Morgan fingerprint density at radius 2 is 1.65 bits per heavy atom. The first-order valence-electron chi connectivity index (χ1n) is 7.08. The number of halogens is 3. The average Bonchev–Trinajstić information content (AvgIpc) is 2.52. The Labute approximate surface area is 132 Å². The quantitative estimate of drug-likeness (QED) is 0.874. The Bertz CT molecular complexity index is 639. The molecule has 0 aliphatic rings. The van der Waals surface area contributed by atoms with Crippen molar-refractivity contribution in [3.63, 3.8) is 0 Å². The van der Waals surface area contributed by atoms with Gasteiger partial charge in [0.1, 0.15) is 0 Å². The van der Waals surface area contributed by atoms with E-state index in [1.807, 2.05) is 11.4 Å². The predicted molar refractivity (Wildman–Crippen MR) is 81.8 cm³/mol. The summed E-state index contributed by atoms with van der Waals surface area (Å²) < 4.78 is 39.6. The van der Waals surface area contributed by atoms with Gasteiger partial charge in [0.2, 0.25) is 0 Å². The smallest absolute Gasteiger partial charge is 0.334 e. The summed E-state index contributed by atoms with van der Waals surface area (Å²) in [5, 5.41) is 4.42. The predicted octanol–water partition coefficient (Wildman–Crippen LogP) is 4.10. The lowest BCUT2D eigenvalue weighted by Gasteiger charge is -2.22. The fourth-order valence-electron chi connectivity index (χ4n) is 2.07. The van der Waals surface area contributed by atoms with Crippen LogP contribution in [0.1, 0.15) is 22.7 Å². The first kappa shape index (κ1) is 16.9. The van der Waals surface area contributed by atoms with E-state index in [4.69, 9.17) is 0 Å². The van der Waals surface area contributed by atoms with Crippen molar-refractivity contribution in [2.24, 2.45) is 0 Å². The Morgan fingerprint density at radius 1 is 1.04 bits per heavy atom. The van der Waals surface area contributed by atoms with Gasteiger partial charge in [0.15, 0.2) is 6.04 Å². The maximum Gasteiger partial charge on any atom is 0.412 e. The number of carbonyl (C=O) groups excluding carboxylic acids is 1. The van der Waals surface area contributed by atoms with Gasteiger partial charge in [0.05, 0.1) is 0 Å². The molecule has 2 aromatic carbocycles. The highest BCUT2D eigenvalue weighted by molar-refractivity contribution is 5.74. The van der Waals surface area contributed by atoms with Crippen LogP contribution in [-0.4, -0.2) is 12.2 Å². The molecule has 0 aliphatic heterocycles. The molecule has 0 saturated heterocycles. The molecule has 0 saturated carbocycles. The molecule has 6 heteroatoms. The average molecular weight is 322 g/mol. The number of benzene rings is 2. The normalized spacial score (nSPS) is 12.5. The highest BCUT2D eigenvalue weighted by Crippen LogP contribution is 2.32. The molecule has 1 atom stereocenters. The number of carbonyl (C=O) groups is 1. The number of hydrogen-bond acceptors (Lipinski definition) is 1. The van der Waals surface area contributed by atoms with Crippen LogP contribution in [0.4, 0.5) is 18.0 Å². The standard InChI is InChI=1S/C17H17F3N2O/c1-12-7-9-14(10-8-12)15(17(18,19)20)22-16(23)21-11-13-5-3-2-4-6-13/h2-10,15H,11H2,1H3,(H2,21,22,23). The summed E-state index contributed by atoms with van der Waals surface area (Å²) >= 11 is 0. The van der Waals surface area contributed by atoms with Gasteiger partial charge < -0.3 is 10.6 Å². The molecule has 0 radical (unpaired) electrons. The van der Waals surface area contributed by atoms with E-state index >= 15 is 0 Å². The molecule has 3 nitrogen and oxygen atoms in total. The van der Waals surface area contributed by atoms with Crippen LogP contribution in [0, 0.1) is 6.92 Å². The van der Waals surface area contributed by atoms with Crippen LogP contribution in [0.15, 0.2) is 54.6 Å². The van der Waals surface area contributed by atoms with Crippen LogP contribution in [0.5, 0.6) is 0 Å². The summed E-state index contributed by atoms with van der Waals surface area (Å²) in [6, 6.07) is 11.9. The Hall–Kier alpha value is -2.50. The second kappa shape index (κ2) is 7.17. The van der Waals surface area contributed by atoms with Crippen molar-refractivity contribution in [2.45, 2.75) is 25.7 Å². The molecule has 122 valence electrons. The van der Waals surface area contributed by atoms with Gasteiger partial charge in [0.25, 0.3) is 0 Å². The second-order valence-corrected chi connectivity index (χ2v) is 5.20. The zero-order chi connectivity index (χ0) is 16.9. The zero-order valence-electron chi connectivity index (χ0n) is 12.5. The number of aryl methyl sites for hydroxylation is 1. The summed E-state index contributed by atoms with van der Waals surface area (Å²) in [7, 11) is 0. The first-order chi connectivity index (χ1) is 10.9. The largest absolute Gasteiger partial charge is 0.412 e. The van der Waals surface area contributed by atoms with Gasteiger partial charge in [-0.25, -0.2) is 4.79 Å². The molecule has 0 spiro atoms. The Kier molecular flexibility index (Phi) is 5.26.